The van der Waals surface area contributed by atoms with Crippen LogP contribution in [0.15, 0.2) is 42.5 Å². The van der Waals surface area contributed by atoms with Crippen LogP contribution in [-0.4, -0.2) is 23.4 Å². The molecule has 0 aliphatic carbocycles. The van der Waals surface area contributed by atoms with Crippen LogP contribution in [-0.2, 0) is 9.31 Å². The zero-order valence-corrected chi connectivity index (χ0v) is 13.0. The molecule has 0 bridgehead atoms. The van der Waals surface area contributed by atoms with Crippen molar-refractivity contribution >= 4 is 17.9 Å². The summed E-state index contributed by atoms with van der Waals surface area (Å²) in [6.45, 7) is 7.94. The van der Waals surface area contributed by atoms with E-state index in [1.54, 1.807) is 0 Å². The van der Waals surface area contributed by atoms with Gasteiger partial charge in [-0.05, 0) is 50.1 Å². The number of aliphatic hydroxyl groups is 1. The molecule has 1 unspecified atom stereocenters. The Kier molecular flexibility index (Phi) is 3.36. The van der Waals surface area contributed by atoms with E-state index in [2.05, 4.69) is 6.07 Å². The van der Waals surface area contributed by atoms with Gasteiger partial charge in [0.05, 0.1) is 11.2 Å². The second kappa shape index (κ2) is 4.84. The third-order valence-electron chi connectivity index (χ3n) is 4.64. The van der Waals surface area contributed by atoms with Crippen LogP contribution in [0.4, 0.5) is 0 Å². The smallest absolute Gasteiger partial charge is 0.401 e. The van der Waals surface area contributed by atoms with Gasteiger partial charge in [-0.25, -0.2) is 0 Å². The van der Waals surface area contributed by atoms with Crippen molar-refractivity contribution in [2.45, 2.75) is 44.9 Å². The fourth-order valence-corrected chi connectivity index (χ4v) is 2.57. The summed E-state index contributed by atoms with van der Waals surface area (Å²) in [6, 6.07) is 13.2. The van der Waals surface area contributed by atoms with Gasteiger partial charge in [-0.15, -0.1) is 0 Å². The van der Waals surface area contributed by atoms with Crippen LogP contribution in [0.25, 0.3) is 10.8 Å². The lowest BCUT2D eigenvalue weighted by molar-refractivity contribution is 0.00578. The van der Waals surface area contributed by atoms with E-state index in [1.165, 1.54) is 0 Å². The van der Waals surface area contributed by atoms with Crippen LogP contribution in [0.3, 0.4) is 0 Å². The molecule has 21 heavy (non-hydrogen) atoms. The van der Waals surface area contributed by atoms with Gasteiger partial charge >= 0.3 is 7.12 Å². The van der Waals surface area contributed by atoms with Gasteiger partial charge in [-0.3, -0.25) is 0 Å². The Balaban J connectivity index is 1.89. The van der Waals surface area contributed by atoms with Gasteiger partial charge < -0.3 is 14.4 Å². The topological polar surface area (TPSA) is 38.7 Å². The molecule has 4 heteroatoms. The minimum Gasteiger partial charge on any atom is -0.401 e. The molecule has 1 heterocycles. The van der Waals surface area contributed by atoms with Crippen LogP contribution < -0.4 is 0 Å². The predicted molar refractivity (Wildman–Crippen MR) is 85.0 cm³/mol. The second-order valence-corrected chi connectivity index (χ2v) is 6.68. The summed E-state index contributed by atoms with van der Waals surface area (Å²) in [7, 11) is -0.642. The molecule has 1 fully saturated rings. The van der Waals surface area contributed by atoms with E-state index >= 15 is 0 Å². The van der Waals surface area contributed by atoms with Gasteiger partial charge in [0, 0.05) is 0 Å². The normalized spacial score (nSPS) is 21.7. The molecule has 0 amide bonds. The quantitative estimate of drug-likeness (QED) is 0.858. The van der Waals surface area contributed by atoms with Crippen molar-refractivity contribution in [2.24, 2.45) is 0 Å². The SMILES string of the molecule is CC1(C)OB(C(O)c2ccc3ccccc3c2)OC1(C)C. The van der Waals surface area contributed by atoms with Crippen molar-refractivity contribution in [3.63, 3.8) is 0 Å². The third kappa shape index (κ3) is 2.48. The van der Waals surface area contributed by atoms with Crippen LogP contribution in [0.1, 0.15) is 39.3 Å². The molecule has 1 aliphatic rings. The Morgan fingerprint density at radius 3 is 2.10 bits per heavy atom. The molecular formula is C17H21BO3. The first-order valence-electron chi connectivity index (χ1n) is 7.33. The molecule has 0 saturated carbocycles. The highest BCUT2D eigenvalue weighted by molar-refractivity contribution is 6.47. The summed E-state index contributed by atoms with van der Waals surface area (Å²) in [5.74, 6) is 0. The maximum Gasteiger partial charge on any atom is 0.493 e. The molecule has 2 aromatic rings. The number of aliphatic hydroxyl groups excluding tert-OH is 1. The van der Waals surface area contributed by atoms with E-state index in [-0.39, 0.29) is 0 Å². The monoisotopic (exact) mass is 284 g/mol. The molecule has 1 N–H and O–H groups in total. The summed E-state index contributed by atoms with van der Waals surface area (Å²) in [6.07, 6.45) is 0. The molecule has 1 saturated heterocycles. The van der Waals surface area contributed by atoms with Crippen LogP contribution in [0.5, 0.6) is 0 Å². The molecule has 0 spiro atoms. The van der Waals surface area contributed by atoms with Gasteiger partial charge in [0.2, 0.25) is 0 Å². The van der Waals surface area contributed by atoms with E-state index < -0.39 is 24.3 Å². The molecule has 2 aromatic carbocycles. The molecular weight excluding hydrogens is 263 g/mol. The van der Waals surface area contributed by atoms with Gasteiger partial charge in [0.15, 0.2) is 0 Å². The van der Waals surface area contributed by atoms with Crippen LogP contribution >= 0.6 is 0 Å². The highest BCUT2D eigenvalue weighted by Gasteiger charge is 2.53. The van der Waals surface area contributed by atoms with E-state index in [4.69, 9.17) is 9.31 Å². The minimum atomic E-state index is -0.796. The van der Waals surface area contributed by atoms with Crippen molar-refractivity contribution in [3.05, 3.63) is 48.0 Å². The highest BCUT2D eigenvalue weighted by Crippen LogP contribution is 2.40. The Bertz CT molecular complexity index is 650. The molecule has 110 valence electrons. The lowest BCUT2D eigenvalue weighted by Gasteiger charge is -2.32. The highest BCUT2D eigenvalue weighted by atomic mass is 16.7. The summed E-state index contributed by atoms with van der Waals surface area (Å²) < 4.78 is 11.8. The summed E-state index contributed by atoms with van der Waals surface area (Å²) in [5, 5.41) is 12.9. The predicted octanol–water partition coefficient (Wildman–Crippen LogP) is 3.50. The lowest BCUT2D eigenvalue weighted by Crippen LogP contribution is -2.41. The molecule has 1 atom stereocenters. The third-order valence-corrected chi connectivity index (χ3v) is 4.64. The molecule has 3 rings (SSSR count). The second-order valence-electron chi connectivity index (χ2n) is 6.68. The Morgan fingerprint density at radius 2 is 1.48 bits per heavy atom. The fraction of sp³-hybridized carbons (Fsp3) is 0.412. The number of hydrogen-bond acceptors (Lipinski definition) is 3. The lowest BCUT2D eigenvalue weighted by atomic mass is 9.76. The van der Waals surface area contributed by atoms with Crippen molar-refractivity contribution in [3.8, 4) is 0 Å². The zero-order chi connectivity index (χ0) is 15.3. The maximum absolute atomic E-state index is 10.6. The van der Waals surface area contributed by atoms with Crippen molar-refractivity contribution < 1.29 is 14.4 Å². The zero-order valence-electron chi connectivity index (χ0n) is 13.0. The Morgan fingerprint density at radius 1 is 0.905 bits per heavy atom. The van der Waals surface area contributed by atoms with E-state index in [9.17, 15) is 5.11 Å². The number of benzene rings is 2. The molecule has 3 nitrogen and oxygen atoms in total. The maximum atomic E-state index is 10.6. The van der Waals surface area contributed by atoms with Gasteiger partial charge in [0.1, 0.15) is 6.00 Å². The largest absolute Gasteiger partial charge is 0.493 e. The van der Waals surface area contributed by atoms with Gasteiger partial charge in [0.25, 0.3) is 0 Å². The van der Waals surface area contributed by atoms with Crippen molar-refractivity contribution in [2.75, 3.05) is 0 Å². The first kappa shape index (κ1) is 14.6. The average Bonchev–Trinajstić information content (AvgIpc) is 2.66. The Hall–Kier alpha value is -1.36. The first-order valence-corrected chi connectivity index (χ1v) is 7.33. The first-order chi connectivity index (χ1) is 9.80. The van der Waals surface area contributed by atoms with E-state index in [0.717, 1.165) is 16.3 Å². The van der Waals surface area contributed by atoms with Gasteiger partial charge in [-0.2, -0.15) is 0 Å². The number of rotatable bonds is 2. The van der Waals surface area contributed by atoms with Crippen molar-refractivity contribution in [1.29, 1.82) is 0 Å². The van der Waals surface area contributed by atoms with Gasteiger partial charge in [-0.1, -0.05) is 36.4 Å². The molecule has 0 aromatic heterocycles. The Labute approximate surface area is 126 Å². The van der Waals surface area contributed by atoms with Crippen LogP contribution in [0.2, 0.25) is 0 Å². The van der Waals surface area contributed by atoms with E-state index in [0.29, 0.717) is 0 Å². The standard InChI is InChI=1S/C17H21BO3/c1-16(2)17(3,4)21-18(20-16)15(19)14-10-9-12-7-5-6-8-13(12)11-14/h5-11,15,19H,1-4H3. The molecule has 0 radical (unpaired) electrons. The molecule has 1 aliphatic heterocycles. The summed E-state index contributed by atoms with van der Waals surface area (Å²) >= 11 is 0. The van der Waals surface area contributed by atoms with Crippen molar-refractivity contribution in [1.82, 2.24) is 0 Å². The number of hydrogen-bond donors (Lipinski definition) is 1. The van der Waals surface area contributed by atoms with Crippen LogP contribution in [0, 0.1) is 0 Å². The fourth-order valence-electron chi connectivity index (χ4n) is 2.57. The summed E-state index contributed by atoms with van der Waals surface area (Å²) in [5.41, 5.74) is -0.0578. The van der Waals surface area contributed by atoms with E-state index in [1.807, 2.05) is 64.1 Å². The average molecular weight is 284 g/mol. The minimum absolute atomic E-state index is 0.435. The number of fused-ring (bicyclic) bond motifs is 1. The summed E-state index contributed by atoms with van der Waals surface area (Å²) in [4.78, 5) is 0.